The highest BCUT2D eigenvalue weighted by Crippen LogP contribution is 2.27. The van der Waals surface area contributed by atoms with E-state index in [1.807, 2.05) is 20.1 Å². The molecule has 1 rings (SSSR count). The van der Waals surface area contributed by atoms with Gasteiger partial charge in [0.25, 0.3) is 0 Å². The lowest BCUT2D eigenvalue weighted by molar-refractivity contribution is 0.245. The van der Waals surface area contributed by atoms with Gasteiger partial charge < -0.3 is 9.52 Å². The molecule has 0 aliphatic carbocycles. The van der Waals surface area contributed by atoms with Crippen molar-refractivity contribution >= 4 is 37.7 Å². The molecule has 0 saturated carbocycles. The quantitative estimate of drug-likeness (QED) is 0.813. The number of aliphatic hydroxyl groups excluding tert-OH is 1. The van der Waals surface area contributed by atoms with E-state index < -0.39 is 10.0 Å². The average molecular weight is 358 g/mol. The summed E-state index contributed by atoms with van der Waals surface area (Å²) in [5.74, 6) is 0.200. The number of halogens is 1. The van der Waals surface area contributed by atoms with Gasteiger partial charge in [0.1, 0.15) is 17.3 Å². The molecule has 0 atom stereocenters. The van der Waals surface area contributed by atoms with Crippen LogP contribution >= 0.6 is 27.7 Å². The van der Waals surface area contributed by atoms with Crippen molar-refractivity contribution in [3.8, 4) is 0 Å². The van der Waals surface area contributed by atoms with Crippen molar-refractivity contribution in [3.63, 3.8) is 0 Å². The Kier molecular flexibility index (Phi) is 5.31. The van der Waals surface area contributed by atoms with E-state index in [1.54, 1.807) is 11.8 Å². The first-order valence-electron chi connectivity index (χ1n) is 5.16. The van der Waals surface area contributed by atoms with Gasteiger partial charge in [0.05, 0.1) is 0 Å². The summed E-state index contributed by atoms with van der Waals surface area (Å²) in [6.45, 7) is 3.86. The lowest BCUT2D eigenvalue weighted by Crippen LogP contribution is -2.36. The summed E-state index contributed by atoms with van der Waals surface area (Å²) in [5.41, 5.74) is 0. The van der Waals surface area contributed by atoms with Gasteiger partial charge in [-0.2, -0.15) is 11.8 Å². The maximum absolute atomic E-state index is 12.1. The lowest BCUT2D eigenvalue weighted by atomic mass is 10.2. The van der Waals surface area contributed by atoms with Crippen LogP contribution in [0, 0.1) is 0 Å². The zero-order valence-corrected chi connectivity index (χ0v) is 13.6. The minimum absolute atomic E-state index is 0.00320. The van der Waals surface area contributed by atoms with E-state index in [-0.39, 0.29) is 26.7 Å². The molecular weight excluding hydrogens is 342 g/mol. The number of thioether (sulfide) groups is 1. The smallest absolute Gasteiger partial charge is 0.245 e. The Morgan fingerprint density at radius 3 is 2.61 bits per heavy atom. The molecule has 1 aromatic heterocycles. The standard InChI is InChI=1S/C10H16BrNO4S2/c1-10(2,17-3)6-12-18(14,15)8-4-7(5-13)16-9(8)11/h4,12-13H,5-6H2,1-3H3. The first-order valence-corrected chi connectivity index (χ1v) is 8.66. The van der Waals surface area contributed by atoms with Crippen molar-refractivity contribution in [1.29, 1.82) is 0 Å². The van der Waals surface area contributed by atoms with Gasteiger partial charge in [0, 0.05) is 17.4 Å². The van der Waals surface area contributed by atoms with Crippen molar-refractivity contribution in [2.24, 2.45) is 0 Å². The van der Waals surface area contributed by atoms with Crippen LogP contribution in [0.3, 0.4) is 0 Å². The largest absolute Gasteiger partial charge is 0.450 e. The molecule has 0 radical (unpaired) electrons. The summed E-state index contributed by atoms with van der Waals surface area (Å²) in [7, 11) is -3.64. The van der Waals surface area contributed by atoms with Crippen LogP contribution in [0.2, 0.25) is 0 Å². The maximum atomic E-state index is 12.1. The Hall–Kier alpha value is -0.0200. The Morgan fingerprint density at radius 2 is 2.17 bits per heavy atom. The predicted octanol–water partition coefficient (Wildman–Crippen LogP) is 1.95. The molecule has 0 aliphatic rings. The third kappa shape index (κ3) is 3.99. The van der Waals surface area contributed by atoms with Crippen LogP contribution in [-0.2, 0) is 16.6 Å². The van der Waals surface area contributed by atoms with E-state index in [1.165, 1.54) is 6.07 Å². The average Bonchev–Trinajstić information content (AvgIpc) is 2.69. The number of aliphatic hydroxyl groups is 1. The zero-order valence-electron chi connectivity index (χ0n) is 10.4. The van der Waals surface area contributed by atoms with Crippen LogP contribution in [-0.4, -0.2) is 31.1 Å². The highest BCUT2D eigenvalue weighted by atomic mass is 79.9. The molecule has 0 aliphatic heterocycles. The van der Waals surface area contributed by atoms with E-state index in [0.717, 1.165) is 0 Å². The Labute approximate surface area is 120 Å². The van der Waals surface area contributed by atoms with Crippen molar-refractivity contribution in [3.05, 3.63) is 16.5 Å². The van der Waals surface area contributed by atoms with Crippen LogP contribution < -0.4 is 4.72 Å². The SMILES string of the molecule is CSC(C)(C)CNS(=O)(=O)c1cc(CO)oc1Br. The zero-order chi connectivity index (χ0) is 14.0. The van der Waals surface area contributed by atoms with E-state index in [9.17, 15) is 8.42 Å². The van der Waals surface area contributed by atoms with Gasteiger partial charge in [-0.15, -0.1) is 0 Å². The normalized spacial score (nSPS) is 12.9. The van der Waals surface area contributed by atoms with Crippen molar-refractivity contribution in [1.82, 2.24) is 4.72 Å². The van der Waals surface area contributed by atoms with Crippen molar-refractivity contribution in [2.45, 2.75) is 30.1 Å². The fraction of sp³-hybridized carbons (Fsp3) is 0.600. The van der Waals surface area contributed by atoms with Crippen LogP contribution in [0.25, 0.3) is 0 Å². The minimum atomic E-state index is -3.64. The molecule has 18 heavy (non-hydrogen) atoms. The monoisotopic (exact) mass is 357 g/mol. The second kappa shape index (κ2) is 5.96. The minimum Gasteiger partial charge on any atom is -0.450 e. The van der Waals surface area contributed by atoms with E-state index in [2.05, 4.69) is 20.7 Å². The molecule has 8 heteroatoms. The first-order chi connectivity index (χ1) is 8.22. The van der Waals surface area contributed by atoms with E-state index in [0.29, 0.717) is 6.54 Å². The summed E-state index contributed by atoms with van der Waals surface area (Å²) >= 11 is 4.60. The number of sulfonamides is 1. The van der Waals surface area contributed by atoms with Crippen LogP contribution in [0.15, 0.2) is 20.0 Å². The molecule has 1 heterocycles. The van der Waals surface area contributed by atoms with Gasteiger partial charge in [-0.1, -0.05) is 0 Å². The highest BCUT2D eigenvalue weighted by Gasteiger charge is 2.25. The molecule has 0 fully saturated rings. The number of rotatable bonds is 6. The maximum Gasteiger partial charge on any atom is 0.245 e. The Balaban J connectivity index is 2.90. The molecule has 0 aromatic carbocycles. The molecule has 0 amide bonds. The molecule has 0 spiro atoms. The molecule has 104 valence electrons. The third-order valence-corrected chi connectivity index (χ3v) is 5.90. The second-order valence-electron chi connectivity index (χ2n) is 4.30. The number of hydrogen-bond donors (Lipinski definition) is 2. The number of furan rings is 1. The van der Waals surface area contributed by atoms with E-state index >= 15 is 0 Å². The summed E-state index contributed by atoms with van der Waals surface area (Å²) in [6, 6.07) is 1.30. The molecule has 0 unspecified atom stereocenters. The molecule has 0 bridgehead atoms. The molecule has 2 N–H and O–H groups in total. The topological polar surface area (TPSA) is 79.5 Å². The predicted molar refractivity (Wildman–Crippen MR) is 75.1 cm³/mol. The molecule has 5 nitrogen and oxygen atoms in total. The summed E-state index contributed by atoms with van der Waals surface area (Å²) in [6.07, 6.45) is 1.92. The highest BCUT2D eigenvalue weighted by molar-refractivity contribution is 9.10. The Morgan fingerprint density at radius 1 is 1.56 bits per heavy atom. The van der Waals surface area contributed by atoms with Crippen LogP contribution in [0.5, 0.6) is 0 Å². The van der Waals surface area contributed by atoms with Crippen molar-refractivity contribution in [2.75, 3.05) is 12.8 Å². The fourth-order valence-electron chi connectivity index (χ4n) is 1.08. The van der Waals surface area contributed by atoms with Gasteiger partial charge in [-0.25, -0.2) is 13.1 Å². The number of nitrogens with one attached hydrogen (secondary N) is 1. The molecule has 1 aromatic rings. The van der Waals surface area contributed by atoms with Crippen LogP contribution in [0.1, 0.15) is 19.6 Å². The van der Waals surface area contributed by atoms with Gasteiger partial charge in [-0.3, -0.25) is 0 Å². The van der Waals surface area contributed by atoms with Gasteiger partial charge in [0.2, 0.25) is 10.0 Å². The molecule has 0 saturated heterocycles. The molecular formula is C10H16BrNO4S2. The Bertz CT molecular complexity index is 510. The van der Waals surface area contributed by atoms with Gasteiger partial charge in [-0.05, 0) is 36.0 Å². The van der Waals surface area contributed by atoms with Gasteiger partial charge >= 0.3 is 0 Å². The fourth-order valence-corrected chi connectivity index (χ4v) is 3.59. The summed E-state index contributed by atoms with van der Waals surface area (Å²) < 4.78 is 31.6. The number of hydrogen-bond acceptors (Lipinski definition) is 5. The summed E-state index contributed by atoms with van der Waals surface area (Å²) in [5, 5.41) is 8.91. The summed E-state index contributed by atoms with van der Waals surface area (Å²) in [4.78, 5) is 0.00320. The van der Waals surface area contributed by atoms with Crippen molar-refractivity contribution < 1.29 is 17.9 Å². The third-order valence-electron chi connectivity index (χ3n) is 2.39. The van der Waals surface area contributed by atoms with Gasteiger partial charge in [0.15, 0.2) is 4.67 Å². The van der Waals surface area contributed by atoms with Crippen LogP contribution in [0.4, 0.5) is 0 Å². The first kappa shape index (κ1) is 16.0. The van der Waals surface area contributed by atoms with E-state index in [4.69, 9.17) is 9.52 Å². The lowest BCUT2D eigenvalue weighted by Gasteiger charge is -2.21. The second-order valence-corrected chi connectivity index (χ2v) is 8.27.